The summed E-state index contributed by atoms with van der Waals surface area (Å²) in [6, 6.07) is 3.18. The number of aromatic nitrogens is 4. The van der Waals surface area contributed by atoms with Crippen LogP contribution in [0.5, 0.6) is 0 Å². The van der Waals surface area contributed by atoms with E-state index in [2.05, 4.69) is 19.8 Å². The number of aromatic carboxylic acids is 1. The van der Waals surface area contributed by atoms with Crippen LogP contribution < -0.4 is 4.90 Å². The van der Waals surface area contributed by atoms with Crippen LogP contribution >= 0.6 is 0 Å². The second-order valence-electron chi connectivity index (χ2n) is 5.44. The van der Waals surface area contributed by atoms with Gasteiger partial charge in [-0.15, -0.1) is 0 Å². The minimum Gasteiger partial charge on any atom is -0.477 e. The summed E-state index contributed by atoms with van der Waals surface area (Å²) in [6.45, 7) is 1.36. The molecule has 2 aromatic rings. The zero-order valence-electron chi connectivity index (χ0n) is 13.1. The van der Waals surface area contributed by atoms with E-state index < -0.39 is 11.9 Å². The highest BCUT2D eigenvalue weighted by Gasteiger charge is 2.24. The van der Waals surface area contributed by atoms with Crippen LogP contribution in [-0.4, -0.2) is 57.0 Å². The fourth-order valence-corrected chi connectivity index (χ4v) is 2.71. The average molecular weight is 331 g/mol. The number of carbonyl (C=O) groups excluding carboxylic acids is 1. The molecule has 0 aromatic carbocycles. The maximum absolute atomic E-state index is 11.5. The van der Waals surface area contributed by atoms with Crippen molar-refractivity contribution < 1.29 is 19.4 Å². The van der Waals surface area contributed by atoms with E-state index in [0.29, 0.717) is 19.0 Å². The Kier molecular flexibility index (Phi) is 4.41. The molecule has 2 aromatic heterocycles. The summed E-state index contributed by atoms with van der Waals surface area (Å²) in [6.07, 6.45) is 4.81. The Morgan fingerprint density at radius 1 is 1.25 bits per heavy atom. The third-order valence-electron chi connectivity index (χ3n) is 3.99. The van der Waals surface area contributed by atoms with Gasteiger partial charge in [0.05, 0.1) is 13.2 Å². The van der Waals surface area contributed by atoms with Crippen molar-refractivity contribution in [3.8, 4) is 0 Å². The average Bonchev–Trinajstić information content (AvgIpc) is 3.11. The van der Waals surface area contributed by atoms with E-state index in [1.54, 1.807) is 16.9 Å². The van der Waals surface area contributed by atoms with Crippen LogP contribution in [0.25, 0.3) is 0 Å². The maximum Gasteiger partial charge on any atom is 0.358 e. The molecule has 1 aliphatic rings. The lowest BCUT2D eigenvalue weighted by Gasteiger charge is -2.32. The Balaban J connectivity index is 1.65. The number of rotatable bonds is 4. The minimum absolute atomic E-state index is 0.0167. The van der Waals surface area contributed by atoms with Crippen molar-refractivity contribution in [2.24, 2.45) is 0 Å². The van der Waals surface area contributed by atoms with E-state index >= 15 is 0 Å². The molecule has 0 bridgehead atoms. The van der Waals surface area contributed by atoms with Gasteiger partial charge in [0.2, 0.25) is 5.95 Å². The molecule has 9 nitrogen and oxygen atoms in total. The predicted molar refractivity (Wildman–Crippen MR) is 83.0 cm³/mol. The molecule has 0 amide bonds. The van der Waals surface area contributed by atoms with E-state index in [0.717, 1.165) is 12.8 Å². The van der Waals surface area contributed by atoms with Gasteiger partial charge in [-0.25, -0.2) is 19.6 Å². The number of carbonyl (C=O) groups is 2. The lowest BCUT2D eigenvalue weighted by atomic mass is 10.1. The topological polar surface area (TPSA) is 110 Å². The molecule has 24 heavy (non-hydrogen) atoms. The number of anilines is 1. The first-order valence-corrected chi connectivity index (χ1v) is 7.53. The Morgan fingerprint density at radius 3 is 2.67 bits per heavy atom. The van der Waals surface area contributed by atoms with Crippen molar-refractivity contribution in [1.82, 2.24) is 19.7 Å². The Hall–Kier alpha value is -2.97. The Morgan fingerprint density at radius 2 is 2.00 bits per heavy atom. The smallest absolute Gasteiger partial charge is 0.358 e. The highest BCUT2D eigenvalue weighted by atomic mass is 16.5. The molecule has 0 unspecified atom stereocenters. The summed E-state index contributed by atoms with van der Waals surface area (Å²) in [4.78, 5) is 32.6. The van der Waals surface area contributed by atoms with Crippen LogP contribution in [0.2, 0.25) is 0 Å². The second-order valence-corrected chi connectivity index (χ2v) is 5.44. The lowest BCUT2D eigenvalue weighted by molar-refractivity contribution is 0.0591. The first-order chi connectivity index (χ1) is 11.6. The number of nitrogens with zero attached hydrogens (tertiary/aromatic N) is 5. The molecule has 0 spiro atoms. The lowest BCUT2D eigenvalue weighted by Crippen LogP contribution is -2.36. The fraction of sp³-hybridized carbons (Fsp3) is 0.400. The van der Waals surface area contributed by atoms with Crippen LogP contribution in [0.15, 0.2) is 24.5 Å². The highest BCUT2D eigenvalue weighted by Crippen LogP contribution is 2.24. The van der Waals surface area contributed by atoms with E-state index in [-0.39, 0.29) is 17.4 Å². The van der Waals surface area contributed by atoms with Crippen LogP contribution in [0.3, 0.4) is 0 Å². The SMILES string of the molecule is COC(=O)c1ccn(C2CCN(c3nccc(C(=O)O)n3)CC2)n1. The summed E-state index contributed by atoms with van der Waals surface area (Å²) < 4.78 is 6.43. The van der Waals surface area contributed by atoms with Gasteiger partial charge in [-0.1, -0.05) is 0 Å². The number of carboxylic acid groups (broad SMARTS) is 1. The molecule has 1 fully saturated rings. The molecular formula is C15H17N5O4. The summed E-state index contributed by atoms with van der Waals surface area (Å²) in [5.41, 5.74) is 0.273. The number of piperidine rings is 1. The van der Waals surface area contributed by atoms with Crippen molar-refractivity contribution >= 4 is 17.9 Å². The largest absolute Gasteiger partial charge is 0.477 e. The third kappa shape index (κ3) is 3.19. The molecule has 0 saturated carbocycles. The van der Waals surface area contributed by atoms with E-state index in [1.165, 1.54) is 19.4 Å². The molecule has 126 valence electrons. The Bertz CT molecular complexity index is 752. The molecule has 0 radical (unpaired) electrons. The van der Waals surface area contributed by atoms with Crippen molar-refractivity contribution in [2.45, 2.75) is 18.9 Å². The second kappa shape index (κ2) is 6.65. The maximum atomic E-state index is 11.5. The zero-order valence-corrected chi connectivity index (χ0v) is 13.1. The number of hydrogen-bond donors (Lipinski definition) is 1. The van der Waals surface area contributed by atoms with E-state index in [4.69, 9.17) is 5.11 Å². The third-order valence-corrected chi connectivity index (χ3v) is 3.99. The van der Waals surface area contributed by atoms with Crippen LogP contribution in [0.4, 0.5) is 5.95 Å². The van der Waals surface area contributed by atoms with Gasteiger partial charge in [0.25, 0.3) is 0 Å². The van der Waals surface area contributed by atoms with Crippen LogP contribution in [0.1, 0.15) is 39.9 Å². The van der Waals surface area contributed by atoms with Gasteiger partial charge in [0.15, 0.2) is 11.4 Å². The normalized spacial score (nSPS) is 15.3. The summed E-state index contributed by atoms with van der Waals surface area (Å²) >= 11 is 0. The van der Waals surface area contributed by atoms with Crippen LogP contribution in [0, 0.1) is 0 Å². The minimum atomic E-state index is -1.07. The zero-order chi connectivity index (χ0) is 17.1. The van der Waals surface area contributed by atoms with Crippen molar-refractivity contribution in [3.05, 3.63) is 35.9 Å². The van der Waals surface area contributed by atoms with Gasteiger partial charge in [-0.05, 0) is 25.0 Å². The number of esters is 1. The summed E-state index contributed by atoms with van der Waals surface area (Å²) in [5.74, 6) is -1.10. The quantitative estimate of drug-likeness (QED) is 0.826. The van der Waals surface area contributed by atoms with Gasteiger partial charge >= 0.3 is 11.9 Å². The van der Waals surface area contributed by atoms with Gasteiger partial charge in [0, 0.05) is 25.5 Å². The van der Waals surface area contributed by atoms with Crippen LogP contribution in [-0.2, 0) is 4.74 Å². The number of ether oxygens (including phenoxy) is 1. The fourth-order valence-electron chi connectivity index (χ4n) is 2.71. The van der Waals surface area contributed by atoms with E-state index in [9.17, 15) is 9.59 Å². The predicted octanol–water partition coefficient (Wildman–Crippen LogP) is 0.999. The first kappa shape index (κ1) is 15.9. The van der Waals surface area contributed by atoms with Gasteiger partial charge < -0.3 is 14.7 Å². The van der Waals surface area contributed by atoms with Crippen molar-refractivity contribution in [3.63, 3.8) is 0 Å². The molecular weight excluding hydrogens is 314 g/mol. The highest BCUT2D eigenvalue weighted by molar-refractivity contribution is 5.87. The molecule has 0 aliphatic carbocycles. The van der Waals surface area contributed by atoms with Gasteiger partial charge in [-0.3, -0.25) is 4.68 Å². The number of hydrogen-bond acceptors (Lipinski definition) is 7. The molecule has 1 N–H and O–H groups in total. The molecule has 3 heterocycles. The van der Waals surface area contributed by atoms with Crippen molar-refractivity contribution in [2.75, 3.05) is 25.1 Å². The van der Waals surface area contributed by atoms with Gasteiger partial charge in [-0.2, -0.15) is 5.10 Å². The number of methoxy groups -OCH3 is 1. The summed E-state index contributed by atoms with van der Waals surface area (Å²) in [7, 11) is 1.32. The molecule has 1 aliphatic heterocycles. The molecule has 1 saturated heterocycles. The molecule has 9 heteroatoms. The number of carboxylic acids is 1. The summed E-state index contributed by atoms with van der Waals surface area (Å²) in [5, 5.41) is 13.3. The molecule has 3 rings (SSSR count). The van der Waals surface area contributed by atoms with Gasteiger partial charge in [0.1, 0.15) is 0 Å². The van der Waals surface area contributed by atoms with E-state index in [1.807, 2.05) is 4.90 Å². The standard InChI is InChI=1S/C15H17N5O4/c1-24-14(23)12-5-9-20(18-12)10-3-7-19(8-4-10)15-16-6-2-11(17-15)13(21)22/h2,5-6,9-10H,3-4,7-8H2,1H3,(H,21,22). The Labute approximate surface area is 137 Å². The molecule has 0 atom stereocenters. The monoisotopic (exact) mass is 331 g/mol. The first-order valence-electron chi connectivity index (χ1n) is 7.53. The van der Waals surface area contributed by atoms with Crippen molar-refractivity contribution in [1.29, 1.82) is 0 Å².